The molecule has 1 aromatic carbocycles. The molecule has 0 atom stereocenters. The summed E-state index contributed by atoms with van der Waals surface area (Å²) in [5, 5.41) is 19.3. The Balaban J connectivity index is 1.54. The highest BCUT2D eigenvalue weighted by molar-refractivity contribution is 5.74. The van der Waals surface area contributed by atoms with E-state index in [1.54, 1.807) is 0 Å². The molecule has 3 rings (SSSR count). The second-order valence-electron chi connectivity index (χ2n) is 6.69. The van der Waals surface area contributed by atoms with Gasteiger partial charge < -0.3 is 15.3 Å². The molecule has 1 aliphatic rings. The molecule has 3 N–H and O–H groups in total. The van der Waals surface area contributed by atoms with E-state index in [0.717, 1.165) is 30.4 Å². The fourth-order valence-electron chi connectivity index (χ4n) is 3.27. The zero-order chi connectivity index (χ0) is 17.7. The van der Waals surface area contributed by atoms with Gasteiger partial charge in [0.15, 0.2) is 5.82 Å². The number of carbonyl (C=O) groups excluding carboxylic acids is 1. The number of aliphatic hydroxyl groups excluding tert-OH is 1. The van der Waals surface area contributed by atoms with Crippen LogP contribution in [0.5, 0.6) is 0 Å². The molecular formula is C18H25N5O2. The minimum absolute atomic E-state index is 0.0117. The van der Waals surface area contributed by atoms with Crippen LogP contribution >= 0.6 is 0 Å². The summed E-state index contributed by atoms with van der Waals surface area (Å²) in [5.41, 5.74) is 1.94. The van der Waals surface area contributed by atoms with Crippen LogP contribution in [-0.2, 0) is 6.54 Å². The fourth-order valence-corrected chi connectivity index (χ4v) is 3.27. The summed E-state index contributed by atoms with van der Waals surface area (Å²) in [5.74, 6) is 0.712. The average molecular weight is 343 g/mol. The largest absolute Gasteiger partial charge is 0.396 e. The van der Waals surface area contributed by atoms with Gasteiger partial charge >= 0.3 is 6.03 Å². The number of benzene rings is 1. The van der Waals surface area contributed by atoms with Gasteiger partial charge in [0, 0.05) is 31.8 Å². The molecule has 2 aromatic rings. The van der Waals surface area contributed by atoms with E-state index in [2.05, 4.69) is 27.4 Å². The van der Waals surface area contributed by atoms with Crippen molar-refractivity contribution in [1.29, 1.82) is 0 Å². The Kier molecular flexibility index (Phi) is 5.33. The summed E-state index contributed by atoms with van der Waals surface area (Å²) >= 11 is 0. The predicted molar refractivity (Wildman–Crippen MR) is 94.7 cm³/mol. The maximum atomic E-state index is 12.4. The number of aromatic amines is 1. The second kappa shape index (κ2) is 7.65. The number of nitrogens with zero attached hydrogens (tertiary/aromatic N) is 3. The Hall–Kier alpha value is -2.41. The van der Waals surface area contributed by atoms with Crippen molar-refractivity contribution >= 4 is 6.03 Å². The van der Waals surface area contributed by atoms with Crippen LogP contribution in [0.25, 0.3) is 11.4 Å². The van der Waals surface area contributed by atoms with Crippen molar-refractivity contribution in [2.45, 2.75) is 32.7 Å². The molecule has 7 heteroatoms. The van der Waals surface area contributed by atoms with Crippen molar-refractivity contribution in [1.82, 2.24) is 25.4 Å². The van der Waals surface area contributed by atoms with Gasteiger partial charge in [-0.2, -0.15) is 5.10 Å². The Bertz CT molecular complexity index is 687. The van der Waals surface area contributed by atoms with Gasteiger partial charge in [-0.1, -0.05) is 25.1 Å². The molecular weight excluding hydrogens is 318 g/mol. The van der Waals surface area contributed by atoms with Crippen LogP contribution in [-0.4, -0.2) is 50.9 Å². The quantitative estimate of drug-likeness (QED) is 0.775. The van der Waals surface area contributed by atoms with Crippen molar-refractivity contribution in [2.75, 3.05) is 19.7 Å². The van der Waals surface area contributed by atoms with Crippen LogP contribution in [0, 0.1) is 5.41 Å². The lowest BCUT2D eigenvalue weighted by Crippen LogP contribution is -2.48. The number of urea groups is 1. The molecule has 0 saturated carbocycles. The number of aromatic nitrogens is 3. The molecule has 0 unspecified atom stereocenters. The number of aliphatic hydroxyl groups is 1. The van der Waals surface area contributed by atoms with E-state index in [4.69, 9.17) is 0 Å². The van der Waals surface area contributed by atoms with Gasteiger partial charge in [0.25, 0.3) is 0 Å². The Morgan fingerprint density at radius 2 is 2.20 bits per heavy atom. The number of hydrogen-bond donors (Lipinski definition) is 3. The summed E-state index contributed by atoms with van der Waals surface area (Å²) < 4.78 is 0. The summed E-state index contributed by atoms with van der Waals surface area (Å²) in [6.45, 7) is 4.16. The minimum Gasteiger partial charge on any atom is -0.396 e. The second-order valence-corrected chi connectivity index (χ2v) is 6.69. The molecule has 1 saturated heterocycles. The number of piperidine rings is 1. The van der Waals surface area contributed by atoms with Crippen LogP contribution < -0.4 is 5.32 Å². The highest BCUT2D eigenvalue weighted by atomic mass is 16.3. The number of amides is 2. The first kappa shape index (κ1) is 17.4. The highest BCUT2D eigenvalue weighted by Gasteiger charge is 2.33. The molecule has 1 aliphatic heterocycles. The molecule has 0 radical (unpaired) electrons. The van der Waals surface area contributed by atoms with Crippen LogP contribution in [0.15, 0.2) is 30.6 Å². The summed E-state index contributed by atoms with van der Waals surface area (Å²) in [6, 6.07) is 7.81. The topological polar surface area (TPSA) is 94.1 Å². The maximum absolute atomic E-state index is 12.4. The minimum atomic E-state index is -0.0484. The zero-order valence-electron chi connectivity index (χ0n) is 14.5. The smallest absolute Gasteiger partial charge is 0.317 e. The van der Waals surface area contributed by atoms with E-state index < -0.39 is 0 Å². The van der Waals surface area contributed by atoms with Gasteiger partial charge in [-0.05, 0) is 36.3 Å². The van der Waals surface area contributed by atoms with Gasteiger partial charge in [-0.25, -0.2) is 9.78 Å². The van der Waals surface area contributed by atoms with Gasteiger partial charge in [0.1, 0.15) is 6.33 Å². The SMILES string of the molecule is CCC1(CO)CCN(C(=O)NCc2cccc(-c3ncn[nH]3)c2)CC1. The summed E-state index contributed by atoms with van der Waals surface area (Å²) in [6.07, 6.45) is 4.14. The number of likely N-dealkylation sites (tertiary alicyclic amines) is 1. The normalized spacial score (nSPS) is 16.6. The van der Waals surface area contributed by atoms with Gasteiger partial charge in [0.2, 0.25) is 0 Å². The first-order valence-electron chi connectivity index (χ1n) is 8.74. The molecule has 2 heterocycles. The fraction of sp³-hybridized carbons (Fsp3) is 0.500. The molecule has 0 spiro atoms. The third-order valence-corrected chi connectivity index (χ3v) is 5.26. The van der Waals surface area contributed by atoms with Crippen LogP contribution in [0.2, 0.25) is 0 Å². The van der Waals surface area contributed by atoms with Crippen molar-refractivity contribution in [3.63, 3.8) is 0 Å². The molecule has 0 aliphatic carbocycles. The molecule has 2 amide bonds. The van der Waals surface area contributed by atoms with Crippen LogP contribution in [0.4, 0.5) is 4.79 Å². The van der Waals surface area contributed by atoms with Crippen LogP contribution in [0.1, 0.15) is 31.7 Å². The van der Waals surface area contributed by atoms with Crippen molar-refractivity contribution in [3.8, 4) is 11.4 Å². The average Bonchev–Trinajstić information content (AvgIpc) is 3.21. The lowest BCUT2D eigenvalue weighted by Gasteiger charge is -2.40. The predicted octanol–water partition coefficient (Wildman–Crippen LogP) is 2.17. The van der Waals surface area contributed by atoms with E-state index >= 15 is 0 Å². The van der Waals surface area contributed by atoms with Crippen molar-refractivity contribution < 1.29 is 9.90 Å². The maximum Gasteiger partial charge on any atom is 0.317 e. The number of carbonyl (C=O) groups is 1. The summed E-state index contributed by atoms with van der Waals surface area (Å²) in [4.78, 5) is 18.4. The lowest BCUT2D eigenvalue weighted by atomic mass is 9.77. The first-order chi connectivity index (χ1) is 12.2. The number of hydrogen-bond acceptors (Lipinski definition) is 4. The Morgan fingerprint density at radius 3 is 2.84 bits per heavy atom. The molecule has 0 bridgehead atoms. The number of rotatable bonds is 5. The highest BCUT2D eigenvalue weighted by Crippen LogP contribution is 2.34. The lowest BCUT2D eigenvalue weighted by molar-refractivity contribution is 0.0519. The van der Waals surface area contributed by atoms with E-state index in [0.29, 0.717) is 25.5 Å². The first-order valence-corrected chi connectivity index (χ1v) is 8.74. The van der Waals surface area contributed by atoms with Gasteiger partial charge in [0.05, 0.1) is 0 Å². The third kappa shape index (κ3) is 3.99. The Morgan fingerprint density at radius 1 is 1.40 bits per heavy atom. The monoisotopic (exact) mass is 343 g/mol. The molecule has 7 nitrogen and oxygen atoms in total. The third-order valence-electron chi connectivity index (χ3n) is 5.26. The van der Waals surface area contributed by atoms with Crippen molar-refractivity contribution in [3.05, 3.63) is 36.2 Å². The van der Waals surface area contributed by atoms with Crippen LogP contribution in [0.3, 0.4) is 0 Å². The van der Waals surface area contributed by atoms with Gasteiger partial charge in [-0.15, -0.1) is 0 Å². The van der Waals surface area contributed by atoms with E-state index in [1.807, 2.05) is 29.2 Å². The molecule has 1 aromatic heterocycles. The number of H-pyrrole nitrogens is 1. The Labute approximate surface area is 147 Å². The van der Waals surface area contributed by atoms with Gasteiger partial charge in [-0.3, -0.25) is 5.10 Å². The standard InChI is InChI=1S/C18H25N5O2/c1-2-18(12-24)6-8-23(9-7-18)17(25)19-11-14-4-3-5-15(10-14)16-20-13-21-22-16/h3-5,10,13,24H,2,6-9,11-12H2,1H3,(H,19,25)(H,20,21,22). The number of nitrogens with one attached hydrogen (secondary N) is 2. The molecule has 134 valence electrons. The summed E-state index contributed by atoms with van der Waals surface area (Å²) in [7, 11) is 0. The van der Waals surface area contributed by atoms with E-state index in [-0.39, 0.29) is 18.1 Å². The molecule has 25 heavy (non-hydrogen) atoms. The van der Waals surface area contributed by atoms with E-state index in [1.165, 1.54) is 6.33 Å². The van der Waals surface area contributed by atoms with Crippen molar-refractivity contribution in [2.24, 2.45) is 5.41 Å². The molecule has 1 fully saturated rings. The zero-order valence-corrected chi connectivity index (χ0v) is 14.5. The van der Waals surface area contributed by atoms with E-state index in [9.17, 15) is 9.90 Å².